The van der Waals surface area contributed by atoms with Gasteiger partial charge in [-0.25, -0.2) is 0 Å². The number of methoxy groups -OCH3 is 1. The van der Waals surface area contributed by atoms with Crippen LogP contribution in [-0.2, 0) is 9.59 Å². The molecule has 1 atom stereocenters. The first-order chi connectivity index (χ1) is 12.5. The van der Waals surface area contributed by atoms with Gasteiger partial charge in [0.25, 0.3) is 0 Å². The highest BCUT2D eigenvalue weighted by atomic mass is 35.5. The van der Waals surface area contributed by atoms with Crippen molar-refractivity contribution in [2.45, 2.75) is 11.7 Å². The predicted octanol–water partition coefficient (Wildman–Crippen LogP) is 4.11. The van der Waals surface area contributed by atoms with Crippen molar-refractivity contribution >= 4 is 63.1 Å². The number of benzene rings is 2. The van der Waals surface area contributed by atoms with E-state index in [4.69, 9.17) is 28.6 Å². The topological polar surface area (TPSA) is 58.6 Å². The third-order valence-corrected chi connectivity index (χ3v) is 5.51. The molecule has 0 aromatic heterocycles. The van der Waals surface area contributed by atoms with Crippen molar-refractivity contribution in [3.8, 4) is 5.75 Å². The van der Waals surface area contributed by atoms with Gasteiger partial charge >= 0.3 is 0 Å². The van der Waals surface area contributed by atoms with Gasteiger partial charge in [0, 0.05) is 17.1 Å². The number of hydrogen-bond donors (Lipinski definition) is 1. The summed E-state index contributed by atoms with van der Waals surface area (Å²) >= 11 is 12.4. The fraction of sp³-hybridized carbons (Fsp3) is 0.167. The van der Waals surface area contributed by atoms with Gasteiger partial charge < -0.3 is 10.1 Å². The van der Waals surface area contributed by atoms with Crippen LogP contribution < -0.4 is 15.0 Å². The molecule has 5 nitrogen and oxygen atoms in total. The molecule has 2 aromatic carbocycles. The Kier molecular flexibility index (Phi) is 5.80. The molecule has 0 saturated carbocycles. The zero-order valence-corrected chi connectivity index (χ0v) is 16.2. The van der Waals surface area contributed by atoms with Crippen LogP contribution in [0.3, 0.4) is 0 Å². The van der Waals surface area contributed by atoms with Crippen molar-refractivity contribution in [2.75, 3.05) is 17.3 Å². The van der Waals surface area contributed by atoms with Crippen molar-refractivity contribution in [1.82, 2.24) is 0 Å². The molecule has 1 saturated heterocycles. The molecule has 1 aliphatic rings. The Hall–Kier alpha value is -2.09. The number of thiocarbonyl (C=S) groups is 1. The van der Waals surface area contributed by atoms with E-state index in [2.05, 4.69) is 5.32 Å². The molecule has 134 valence electrons. The van der Waals surface area contributed by atoms with E-state index in [1.54, 1.807) is 55.6 Å². The summed E-state index contributed by atoms with van der Waals surface area (Å²) in [5.41, 5.74) is 1.29. The summed E-state index contributed by atoms with van der Waals surface area (Å²) in [6, 6.07) is 13.8. The number of carbonyl (C=O) groups excluding carboxylic acids is 2. The Labute approximate surface area is 165 Å². The summed E-state index contributed by atoms with van der Waals surface area (Å²) in [4.78, 5) is 26.4. The molecule has 1 fully saturated rings. The molecule has 1 unspecified atom stereocenters. The fourth-order valence-corrected chi connectivity index (χ4v) is 4.12. The van der Waals surface area contributed by atoms with Crippen LogP contribution in [0.1, 0.15) is 6.42 Å². The summed E-state index contributed by atoms with van der Waals surface area (Å²) in [6.07, 6.45) is 0.0406. The summed E-state index contributed by atoms with van der Waals surface area (Å²) in [7, 11) is 1.58. The quantitative estimate of drug-likeness (QED) is 0.757. The first-order valence-electron chi connectivity index (χ1n) is 7.72. The zero-order chi connectivity index (χ0) is 18.7. The van der Waals surface area contributed by atoms with E-state index >= 15 is 0 Å². The lowest BCUT2D eigenvalue weighted by atomic mass is 10.2. The largest absolute Gasteiger partial charge is 0.497 e. The van der Waals surface area contributed by atoms with Gasteiger partial charge in [0.1, 0.15) is 15.3 Å². The van der Waals surface area contributed by atoms with Crippen molar-refractivity contribution in [2.24, 2.45) is 0 Å². The minimum Gasteiger partial charge on any atom is -0.497 e. The van der Waals surface area contributed by atoms with E-state index in [9.17, 15) is 9.59 Å². The van der Waals surface area contributed by atoms with Crippen molar-refractivity contribution in [1.29, 1.82) is 0 Å². The highest BCUT2D eigenvalue weighted by Crippen LogP contribution is 2.34. The summed E-state index contributed by atoms with van der Waals surface area (Å²) in [6.45, 7) is 0. The Morgan fingerprint density at radius 2 is 1.88 bits per heavy atom. The second-order valence-electron chi connectivity index (χ2n) is 5.50. The number of halogens is 1. The number of anilines is 2. The Balaban J connectivity index is 1.66. The lowest BCUT2D eigenvalue weighted by Gasteiger charge is -2.16. The smallest absolute Gasteiger partial charge is 0.246 e. The zero-order valence-electron chi connectivity index (χ0n) is 13.8. The van der Waals surface area contributed by atoms with E-state index in [1.807, 2.05) is 0 Å². The van der Waals surface area contributed by atoms with Crippen LogP contribution in [0.15, 0.2) is 48.5 Å². The Morgan fingerprint density at radius 1 is 1.23 bits per heavy atom. The highest BCUT2D eigenvalue weighted by molar-refractivity contribution is 8.25. The van der Waals surface area contributed by atoms with Crippen LogP contribution in [0.5, 0.6) is 5.75 Å². The number of rotatable bonds is 5. The molecule has 0 bridgehead atoms. The molecule has 1 aliphatic heterocycles. The summed E-state index contributed by atoms with van der Waals surface area (Å²) in [5.74, 6) is 0.242. The Bertz CT molecular complexity index is 841. The molecule has 0 aliphatic carbocycles. The van der Waals surface area contributed by atoms with Gasteiger partial charge in [-0.2, -0.15) is 0 Å². The third kappa shape index (κ3) is 4.17. The number of nitrogens with zero attached hydrogens (tertiary/aromatic N) is 1. The normalized spacial score (nSPS) is 16.7. The maximum Gasteiger partial charge on any atom is 0.246 e. The van der Waals surface area contributed by atoms with Crippen LogP contribution in [0.25, 0.3) is 0 Å². The molecule has 1 N–H and O–H groups in total. The van der Waals surface area contributed by atoms with Gasteiger partial charge in [0.05, 0.1) is 12.8 Å². The molecule has 8 heteroatoms. The molecule has 0 radical (unpaired) electrons. The maximum atomic E-state index is 12.7. The second-order valence-corrected chi connectivity index (χ2v) is 7.78. The van der Waals surface area contributed by atoms with Crippen molar-refractivity contribution in [3.05, 3.63) is 53.6 Å². The van der Waals surface area contributed by atoms with Gasteiger partial charge in [-0.3, -0.25) is 14.5 Å². The second kappa shape index (κ2) is 8.07. The molecule has 0 spiro atoms. The third-order valence-electron chi connectivity index (χ3n) is 3.75. The first kappa shape index (κ1) is 18.7. The fourth-order valence-electron chi connectivity index (χ4n) is 2.47. The maximum absolute atomic E-state index is 12.7. The molecule has 1 heterocycles. The van der Waals surface area contributed by atoms with E-state index in [1.165, 1.54) is 16.7 Å². The number of nitrogens with one attached hydrogen (secondary N) is 1. The van der Waals surface area contributed by atoms with Gasteiger partial charge in [-0.1, -0.05) is 35.6 Å². The minimum atomic E-state index is -0.545. The number of thioether (sulfide) groups is 1. The molecule has 2 amide bonds. The summed E-state index contributed by atoms with van der Waals surface area (Å²) in [5, 5.41) is 2.80. The van der Waals surface area contributed by atoms with Crippen LogP contribution in [0.2, 0.25) is 5.02 Å². The van der Waals surface area contributed by atoms with Crippen LogP contribution in [0.4, 0.5) is 11.4 Å². The molecule has 2 aromatic rings. The van der Waals surface area contributed by atoms with E-state index in [-0.39, 0.29) is 18.2 Å². The standard InChI is InChI=1S/C18H15ClN2O3S2/c1-24-14-8-6-13(7-9-14)21-17(23)15(26-18(21)25)10-16(22)20-12-4-2-11(19)3-5-12/h2-9,15H,10H2,1H3,(H,20,22). The van der Waals surface area contributed by atoms with Gasteiger partial charge in [0.2, 0.25) is 11.8 Å². The first-order valence-corrected chi connectivity index (χ1v) is 9.38. The van der Waals surface area contributed by atoms with Crippen molar-refractivity contribution < 1.29 is 14.3 Å². The highest BCUT2D eigenvalue weighted by Gasteiger charge is 2.39. The van der Waals surface area contributed by atoms with Gasteiger partial charge in [-0.15, -0.1) is 0 Å². The molecular weight excluding hydrogens is 392 g/mol. The number of hydrogen-bond acceptors (Lipinski definition) is 5. The van der Waals surface area contributed by atoms with Crippen LogP contribution in [0, 0.1) is 0 Å². The monoisotopic (exact) mass is 406 g/mol. The van der Waals surface area contributed by atoms with Crippen molar-refractivity contribution in [3.63, 3.8) is 0 Å². The lowest BCUT2D eigenvalue weighted by molar-refractivity contribution is -0.121. The molecular formula is C18H15ClN2O3S2. The van der Waals surface area contributed by atoms with E-state index in [0.717, 1.165) is 0 Å². The summed E-state index contributed by atoms with van der Waals surface area (Å²) < 4.78 is 5.56. The van der Waals surface area contributed by atoms with E-state index in [0.29, 0.717) is 26.5 Å². The Morgan fingerprint density at radius 3 is 2.50 bits per heavy atom. The molecule has 26 heavy (non-hydrogen) atoms. The average Bonchev–Trinajstić information content (AvgIpc) is 2.90. The number of amides is 2. The minimum absolute atomic E-state index is 0.0406. The molecule has 3 rings (SSSR count). The average molecular weight is 407 g/mol. The SMILES string of the molecule is COc1ccc(N2C(=O)C(CC(=O)Nc3ccc(Cl)cc3)SC2=S)cc1. The van der Waals surface area contributed by atoms with Gasteiger partial charge in [0.15, 0.2) is 0 Å². The van der Waals surface area contributed by atoms with Gasteiger partial charge in [-0.05, 0) is 48.5 Å². The predicted molar refractivity (Wildman–Crippen MR) is 109 cm³/mol. The van der Waals surface area contributed by atoms with Crippen LogP contribution in [-0.4, -0.2) is 28.5 Å². The van der Waals surface area contributed by atoms with Crippen LogP contribution >= 0.6 is 35.6 Å². The number of carbonyl (C=O) groups is 2. The van der Waals surface area contributed by atoms with E-state index < -0.39 is 5.25 Å². The lowest BCUT2D eigenvalue weighted by Crippen LogP contribution is -2.32. The number of ether oxygens (including phenoxy) is 1.